The fourth-order valence-electron chi connectivity index (χ4n) is 2.21. The minimum absolute atomic E-state index is 0.0259. The topological polar surface area (TPSA) is 29.1 Å². The number of rotatable bonds is 5. The summed E-state index contributed by atoms with van der Waals surface area (Å²) >= 11 is 1.83. The number of amides is 1. The smallest absolute Gasteiger partial charge is 0.228 e. The molecular formula is C19H23NOS. The van der Waals surface area contributed by atoms with E-state index < -0.39 is 0 Å². The van der Waals surface area contributed by atoms with Crippen molar-refractivity contribution < 1.29 is 4.79 Å². The SMILES string of the molecule is Cc1ccc(C)c(NC(=O)Cc2ccc(SC(C)C)cc2)c1. The third kappa shape index (κ3) is 4.92. The summed E-state index contributed by atoms with van der Waals surface area (Å²) in [5, 5.41) is 3.57. The molecule has 2 aromatic carbocycles. The van der Waals surface area contributed by atoms with Gasteiger partial charge in [0.2, 0.25) is 5.91 Å². The quantitative estimate of drug-likeness (QED) is 0.788. The zero-order chi connectivity index (χ0) is 16.1. The Morgan fingerprint density at radius 2 is 1.77 bits per heavy atom. The van der Waals surface area contributed by atoms with Crippen molar-refractivity contribution in [1.82, 2.24) is 0 Å². The zero-order valence-corrected chi connectivity index (χ0v) is 14.5. The second-order valence-corrected chi connectivity index (χ2v) is 7.50. The van der Waals surface area contributed by atoms with Crippen LogP contribution in [0.1, 0.15) is 30.5 Å². The lowest BCUT2D eigenvalue weighted by atomic mass is 10.1. The van der Waals surface area contributed by atoms with Crippen LogP contribution in [0.25, 0.3) is 0 Å². The zero-order valence-electron chi connectivity index (χ0n) is 13.6. The molecule has 0 saturated heterocycles. The van der Waals surface area contributed by atoms with Gasteiger partial charge in [0.1, 0.15) is 0 Å². The maximum absolute atomic E-state index is 12.2. The Labute approximate surface area is 137 Å². The molecule has 0 aliphatic carbocycles. The predicted molar refractivity (Wildman–Crippen MR) is 95.7 cm³/mol. The number of carbonyl (C=O) groups excluding carboxylic acids is 1. The molecule has 0 aromatic heterocycles. The second-order valence-electron chi connectivity index (χ2n) is 5.85. The van der Waals surface area contributed by atoms with E-state index in [2.05, 4.69) is 37.4 Å². The van der Waals surface area contributed by atoms with Crippen molar-refractivity contribution in [1.29, 1.82) is 0 Å². The molecule has 0 fully saturated rings. The first kappa shape index (κ1) is 16.6. The molecule has 0 unspecified atom stereocenters. The summed E-state index contributed by atoms with van der Waals surface area (Å²) in [6.07, 6.45) is 0.403. The molecule has 0 atom stereocenters. The molecule has 22 heavy (non-hydrogen) atoms. The van der Waals surface area contributed by atoms with Crippen LogP contribution in [0, 0.1) is 13.8 Å². The molecule has 0 aliphatic rings. The van der Waals surface area contributed by atoms with Crippen molar-refractivity contribution in [2.45, 2.75) is 44.3 Å². The molecule has 2 nitrogen and oxygen atoms in total. The third-order valence-corrected chi connectivity index (χ3v) is 4.34. The minimum Gasteiger partial charge on any atom is -0.326 e. The maximum atomic E-state index is 12.2. The predicted octanol–water partition coefficient (Wildman–Crippen LogP) is 4.99. The summed E-state index contributed by atoms with van der Waals surface area (Å²) < 4.78 is 0. The van der Waals surface area contributed by atoms with Gasteiger partial charge in [0.15, 0.2) is 0 Å². The van der Waals surface area contributed by atoms with E-state index in [1.54, 1.807) is 0 Å². The van der Waals surface area contributed by atoms with Gasteiger partial charge in [-0.2, -0.15) is 0 Å². The molecule has 0 radical (unpaired) electrons. The van der Waals surface area contributed by atoms with E-state index in [0.29, 0.717) is 11.7 Å². The first-order chi connectivity index (χ1) is 10.4. The van der Waals surface area contributed by atoms with Crippen molar-refractivity contribution in [3.63, 3.8) is 0 Å². The summed E-state index contributed by atoms with van der Waals surface area (Å²) in [6.45, 7) is 8.39. The summed E-state index contributed by atoms with van der Waals surface area (Å²) in [7, 11) is 0. The molecule has 2 aromatic rings. The first-order valence-electron chi connectivity index (χ1n) is 7.57. The Morgan fingerprint density at radius 3 is 2.41 bits per heavy atom. The lowest BCUT2D eigenvalue weighted by Gasteiger charge is -2.10. The summed E-state index contributed by atoms with van der Waals surface area (Å²) in [5.41, 5.74) is 4.17. The minimum atomic E-state index is 0.0259. The number of hydrogen-bond acceptors (Lipinski definition) is 2. The second kappa shape index (κ2) is 7.50. The van der Waals surface area contributed by atoms with E-state index in [-0.39, 0.29) is 5.91 Å². The van der Waals surface area contributed by atoms with Gasteiger partial charge < -0.3 is 5.32 Å². The van der Waals surface area contributed by atoms with Crippen LogP contribution < -0.4 is 5.32 Å². The number of hydrogen-bond donors (Lipinski definition) is 1. The van der Waals surface area contributed by atoms with Crippen LogP contribution in [-0.4, -0.2) is 11.2 Å². The standard InChI is InChI=1S/C19H23NOS/c1-13(2)22-17-9-7-16(8-10-17)12-19(21)20-18-11-14(3)5-6-15(18)4/h5-11,13H,12H2,1-4H3,(H,20,21). The average molecular weight is 313 g/mol. The lowest BCUT2D eigenvalue weighted by molar-refractivity contribution is -0.115. The summed E-state index contributed by atoms with van der Waals surface area (Å²) in [6, 6.07) is 14.3. The van der Waals surface area contributed by atoms with Gasteiger partial charge in [-0.15, -0.1) is 11.8 Å². The fraction of sp³-hybridized carbons (Fsp3) is 0.316. The molecular weight excluding hydrogens is 290 g/mol. The van der Waals surface area contributed by atoms with E-state index in [0.717, 1.165) is 22.4 Å². The maximum Gasteiger partial charge on any atom is 0.228 e. The van der Waals surface area contributed by atoms with Crippen LogP contribution in [-0.2, 0) is 11.2 Å². The molecule has 0 saturated carbocycles. The molecule has 1 amide bonds. The number of benzene rings is 2. The number of thioether (sulfide) groups is 1. The number of anilines is 1. The van der Waals surface area contributed by atoms with Crippen LogP contribution >= 0.6 is 11.8 Å². The summed E-state index contributed by atoms with van der Waals surface area (Å²) in [5.74, 6) is 0.0259. The Morgan fingerprint density at radius 1 is 1.09 bits per heavy atom. The van der Waals surface area contributed by atoms with Gasteiger partial charge in [-0.05, 0) is 48.7 Å². The van der Waals surface area contributed by atoms with Gasteiger partial charge in [-0.3, -0.25) is 4.79 Å². The van der Waals surface area contributed by atoms with E-state index in [1.165, 1.54) is 4.90 Å². The molecule has 0 bridgehead atoms. The summed E-state index contributed by atoms with van der Waals surface area (Å²) in [4.78, 5) is 13.4. The van der Waals surface area contributed by atoms with Gasteiger partial charge >= 0.3 is 0 Å². The van der Waals surface area contributed by atoms with E-state index in [9.17, 15) is 4.79 Å². The first-order valence-corrected chi connectivity index (χ1v) is 8.44. The monoisotopic (exact) mass is 313 g/mol. The normalized spacial score (nSPS) is 10.8. The highest BCUT2D eigenvalue weighted by Crippen LogP contribution is 2.23. The van der Waals surface area contributed by atoms with E-state index in [4.69, 9.17) is 0 Å². The molecule has 0 aliphatic heterocycles. The van der Waals surface area contributed by atoms with Crippen LogP contribution in [0.15, 0.2) is 47.4 Å². The largest absolute Gasteiger partial charge is 0.326 e. The molecule has 0 spiro atoms. The Bertz CT molecular complexity index is 647. The van der Waals surface area contributed by atoms with Crippen molar-refractivity contribution in [3.05, 3.63) is 59.2 Å². The van der Waals surface area contributed by atoms with Crippen LogP contribution in [0.5, 0.6) is 0 Å². The fourth-order valence-corrected chi connectivity index (χ4v) is 3.05. The number of aryl methyl sites for hydroxylation is 2. The highest BCUT2D eigenvalue weighted by Gasteiger charge is 2.07. The van der Waals surface area contributed by atoms with Crippen LogP contribution in [0.2, 0.25) is 0 Å². The Hall–Kier alpha value is -1.74. The molecule has 3 heteroatoms. The number of nitrogens with one attached hydrogen (secondary N) is 1. The Kier molecular flexibility index (Phi) is 5.67. The van der Waals surface area contributed by atoms with E-state index in [1.807, 2.05) is 49.9 Å². The van der Waals surface area contributed by atoms with Crippen molar-refractivity contribution in [3.8, 4) is 0 Å². The molecule has 0 heterocycles. The highest BCUT2D eigenvalue weighted by atomic mass is 32.2. The molecule has 2 rings (SSSR count). The van der Waals surface area contributed by atoms with Gasteiger partial charge in [0.25, 0.3) is 0 Å². The van der Waals surface area contributed by atoms with E-state index >= 15 is 0 Å². The van der Waals surface area contributed by atoms with Crippen molar-refractivity contribution >= 4 is 23.4 Å². The number of carbonyl (C=O) groups is 1. The van der Waals surface area contributed by atoms with Gasteiger partial charge in [-0.25, -0.2) is 0 Å². The van der Waals surface area contributed by atoms with Crippen molar-refractivity contribution in [2.24, 2.45) is 0 Å². The van der Waals surface area contributed by atoms with Crippen LogP contribution in [0.3, 0.4) is 0 Å². The lowest BCUT2D eigenvalue weighted by Crippen LogP contribution is -2.15. The Balaban J connectivity index is 1.98. The third-order valence-electron chi connectivity index (χ3n) is 3.33. The molecule has 1 N–H and O–H groups in total. The van der Waals surface area contributed by atoms with Gasteiger partial charge in [0, 0.05) is 15.8 Å². The van der Waals surface area contributed by atoms with Crippen LogP contribution in [0.4, 0.5) is 5.69 Å². The molecule has 116 valence electrons. The average Bonchev–Trinajstić information content (AvgIpc) is 2.44. The van der Waals surface area contributed by atoms with Crippen molar-refractivity contribution in [2.75, 3.05) is 5.32 Å². The highest BCUT2D eigenvalue weighted by molar-refractivity contribution is 7.99. The van der Waals surface area contributed by atoms with Gasteiger partial charge in [0.05, 0.1) is 6.42 Å². The van der Waals surface area contributed by atoms with Gasteiger partial charge in [-0.1, -0.05) is 38.1 Å².